The molecule has 154 valence electrons. The Balaban J connectivity index is 1.61. The summed E-state index contributed by atoms with van der Waals surface area (Å²) in [7, 11) is 3.82. The number of hydrogen-bond donors (Lipinski definition) is 2. The number of carbonyl (C=O) groups excluding carboxylic acids is 2. The molecule has 29 heavy (non-hydrogen) atoms. The van der Waals surface area contributed by atoms with Gasteiger partial charge in [0.1, 0.15) is 11.5 Å². The number of aryl methyl sites for hydroxylation is 1. The largest absolute Gasteiger partial charge is 0.382 e. The van der Waals surface area contributed by atoms with E-state index in [1.54, 1.807) is 6.07 Å². The second kappa shape index (κ2) is 7.51. The van der Waals surface area contributed by atoms with E-state index in [1.807, 2.05) is 40.9 Å². The summed E-state index contributed by atoms with van der Waals surface area (Å²) in [5.41, 5.74) is 8.41. The molecule has 2 aliphatic heterocycles. The second-order valence-electron chi connectivity index (χ2n) is 8.43. The van der Waals surface area contributed by atoms with Crippen molar-refractivity contribution in [1.29, 1.82) is 0 Å². The van der Waals surface area contributed by atoms with Gasteiger partial charge in [-0.3, -0.25) is 14.7 Å². The Kier molecular flexibility index (Phi) is 5.04. The first-order valence-electron chi connectivity index (χ1n) is 9.95. The van der Waals surface area contributed by atoms with E-state index in [-0.39, 0.29) is 29.7 Å². The van der Waals surface area contributed by atoms with Crippen molar-refractivity contribution in [2.24, 2.45) is 11.8 Å². The van der Waals surface area contributed by atoms with Gasteiger partial charge in [-0.05, 0) is 32.1 Å². The molecule has 0 aliphatic carbocycles. The van der Waals surface area contributed by atoms with Crippen LogP contribution in [0.4, 0.5) is 5.82 Å². The topological polar surface area (TPSA) is 98.6 Å². The number of H-pyrrole nitrogens is 1. The van der Waals surface area contributed by atoms with Crippen LogP contribution in [-0.4, -0.2) is 77.0 Å². The molecule has 2 amide bonds. The highest BCUT2D eigenvalue weighted by atomic mass is 16.2. The molecule has 2 saturated heterocycles. The molecule has 8 heteroatoms. The highest BCUT2D eigenvalue weighted by molar-refractivity contribution is 5.93. The molecular formula is C21H28N6O2. The van der Waals surface area contributed by atoms with Gasteiger partial charge >= 0.3 is 0 Å². The minimum atomic E-state index is -0.0849. The Labute approximate surface area is 170 Å². The van der Waals surface area contributed by atoms with Crippen LogP contribution in [0.3, 0.4) is 0 Å². The number of fused-ring (bicyclic) bond motifs is 1. The van der Waals surface area contributed by atoms with Crippen molar-refractivity contribution in [3.63, 3.8) is 0 Å². The van der Waals surface area contributed by atoms with Crippen LogP contribution < -0.4 is 5.73 Å². The van der Waals surface area contributed by atoms with Gasteiger partial charge in [0.05, 0.1) is 12.6 Å². The van der Waals surface area contributed by atoms with E-state index < -0.39 is 0 Å². The van der Waals surface area contributed by atoms with Crippen molar-refractivity contribution in [3.05, 3.63) is 47.2 Å². The van der Waals surface area contributed by atoms with E-state index in [4.69, 9.17) is 5.73 Å². The zero-order chi connectivity index (χ0) is 20.7. The number of nitrogens with two attached hydrogens (primary N) is 1. The van der Waals surface area contributed by atoms with Crippen molar-refractivity contribution in [3.8, 4) is 0 Å². The van der Waals surface area contributed by atoms with E-state index in [0.29, 0.717) is 37.7 Å². The zero-order valence-electron chi connectivity index (χ0n) is 17.1. The average Bonchev–Trinajstić information content (AvgIpc) is 3.35. The Hall–Kier alpha value is -2.87. The molecule has 8 nitrogen and oxygen atoms in total. The van der Waals surface area contributed by atoms with Gasteiger partial charge in [0.15, 0.2) is 0 Å². The number of nitrogens with zero attached hydrogens (tertiary/aromatic N) is 4. The van der Waals surface area contributed by atoms with Gasteiger partial charge in [-0.2, -0.15) is 5.10 Å². The molecule has 3 N–H and O–H groups in total. The van der Waals surface area contributed by atoms with E-state index in [1.165, 1.54) is 11.1 Å². The summed E-state index contributed by atoms with van der Waals surface area (Å²) in [6.45, 7) is 4.40. The van der Waals surface area contributed by atoms with Gasteiger partial charge in [0.2, 0.25) is 5.91 Å². The van der Waals surface area contributed by atoms with Gasteiger partial charge in [-0.25, -0.2) is 0 Å². The molecule has 3 heterocycles. The SMILES string of the molecule is Cc1ccccc1[C@H]1[C@@H]2CN(C(=O)c3cc(N)n[nH]3)C[C@@H]2CN1C(=O)CN(C)C. The van der Waals surface area contributed by atoms with Crippen LogP contribution in [0.15, 0.2) is 30.3 Å². The summed E-state index contributed by atoms with van der Waals surface area (Å²) in [5.74, 6) is 0.836. The normalized spacial score (nSPS) is 23.7. The average molecular weight is 396 g/mol. The summed E-state index contributed by atoms with van der Waals surface area (Å²) < 4.78 is 0. The molecule has 0 radical (unpaired) electrons. The predicted octanol–water partition coefficient (Wildman–Crippen LogP) is 1.13. The molecule has 0 saturated carbocycles. The highest BCUT2D eigenvalue weighted by Gasteiger charge is 2.50. The van der Waals surface area contributed by atoms with Gasteiger partial charge in [-0.1, -0.05) is 24.3 Å². The van der Waals surface area contributed by atoms with Gasteiger partial charge in [0.25, 0.3) is 5.91 Å². The Morgan fingerprint density at radius 3 is 2.66 bits per heavy atom. The van der Waals surface area contributed by atoms with Crippen LogP contribution in [0, 0.1) is 18.8 Å². The number of nitrogens with one attached hydrogen (secondary N) is 1. The summed E-state index contributed by atoms with van der Waals surface area (Å²) in [6.07, 6.45) is 0. The minimum absolute atomic E-state index is 0.0155. The number of amides is 2. The monoisotopic (exact) mass is 396 g/mol. The number of nitrogen functional groups attached to an aromatic ring is 1. The second-order valence-corrected chi connectivity index (χ2v) is 8.43. The van der Waals surface area contributed by atoms with Crippen molar-refractivity contribution in [1.82, 2.24) is 24.9 Å². The molecule has 0 spiro atoms. The maximum absolute atomic E-state index is 13.0. The van der Waals surface area contributed by atoms with Crippen LogP contribution in [0.2, 0.25) is 0 Å². The number of carbonyl (C=O) groups is 2. The summed E-state index contributed by atoms with van der Waals surface area (Å²) in [5, 5.41) is 6.58. The zero-order valence-corrected chi connectivity index (χ0v) is 17.1. The molecule has 2 fully saturated rings. The third kappa shape index (κ3) is 3.60. The van der Waals surface area contributed by atoms with Gasteiger partial charge in [-0.15, -0.1) is 0 Å². The maximum atomic E-state index is 13.0. The number of likely N-dealkylation sites (tertiary alicyclic amines) is 2. The number of aromatic amines is 1. The molecule has 2 aliphatic rings. The van der Waals surface area contributed by atoms with Crippen LogP contribution in [0.25, 0.3) is 0 Å². The maximum Gasteiger partial charge on any atom is 0.271 e. The Morgan fingerprint density at radius 2 is 2.00 bits per heavy atom. The lowest BCUT2D eigenvalue weighted by Crippen LogP contribution is -2.41. The first-order valence-corrected chi connectivity index (χ1v) is 9.95. The minimum Gasteiger partial charge on any atom is -0.382 e. The number of hydrogen-bond acceptors (Lipinski definition) is 5. The number of benzene rings is 1. The molecule has 0 bridgehead atoms. The highest BCUT2D eigenvalue weighted by Crippen LogP contribution is 2.46. The summed E-state index contributed by atoms with van der Waals surface area (Å²) >= 11 is 0. The molecular weight excluding hydrogens is 368 g/mol. The van der Waals surface area contributed by atoms with Crippen molar-refractivity contribution in [2.45, 2.75) is 13.0 Å². The summed E-state index contributed by atoms with van der Waals surface area (Å²) in [4.78, 5) is 31.7. The molecule has 3 atom stereocenters. The van der Waals surface area contributed by atoms with E-state index in [0.717, 1.165) is 0 Å². The standard InChI is InChI=1S/C21H28N6O2/c1-13-6-4-5-7-15(13)20-16-11-26(21(29)17-8-18(22)24-23-17)9-14(16)10-27(20)19(28)12-25(2)3/h4-8,14,16,20H,9-12H2,1-3H3,(H3,22,23,24)/t14-,16-,20+/m1/s1. The van der Waals surface area contributed by atoms with Crippen molar-refractivity contribution in [2.75, 3.05) is 46.0 Å². The molecule has 0 unspecified atom stereocenters. The lowest BCUT2D eigenvalue weighted by molar-refractivity contribution is -0.133. The number of anilines is 1. The van der Waals surface area contributed by atoms with Crippen LogP contribution in [0.1, 0.15) is 27.7 Å². The van der Waals surface area contributed by atoms with Gasteiger partial charge in [0, 0.05) is 37.5 Å². The first-order chi connectivity index (χ1) is 13.8. The fraction of sp³-hybridized carbons (Fsp3) is 0.476. The number of rotatable bonds is 4. The predicted molar refractivity (Wildman–Crippen MR) is 110 cm³/mol. The fourth-order valence-electron chi connectivity index (χ4n) is 4.76. The molecule has 1 aromatic heterocycles. The number of likely N-dealkylation sites (N-methyl/N-ethyl adjacent to an activating group) is 1. The van der Waals surface area contributed by atoms with Crippen LogP contribution >= 0.6 is 0 Å². The first kappa shape index (κ1) is 19.4. The third-order valence-corrected chi connectivity index (χ3v) is 6.06. The van der Waals surface area contributed by atoms with E-state index in [2.05, 4.69) is 29.3 Å². The van der Waals surface area contributed by atoms with Crippen molar-refractivity contribution >= 4 is 17.6 Å². The van der Waals surface area contributed by atoms with Gasteiger partial charge < -0.3 is 20.4 Å². The summed E-state index contributed by atoms with van der Waals surface area (Å²) in [6, 6.07) is 9.79. The molecule has 2 aromatic rings. The lowest BCUT2D eigenvalue weighted by atomic mass is 9.87. The lowest BCUT2D eigenvalue weighted by Gasteiger charge is -2.31. The fourth-order valence-corrected chi connectivity index (χ4v) is 4.76. The molecule has 4 rings (SSSR count). The molecule has 1 aromatic carbocycles. The third-order valence-electron chi connectivity index (χ3n) is 6.06. The Bertz CT molecular complexity index is 923. The quantitative estimate of drug-likeness (QED) is 0.807. The van der Waals surface area contributed by atoms with E-state index in [9.17, 15) is 9.59 Å². The van der Waals surface area contributed by atoms with Crippen LogP contribution in [-0.2, 0) is 4.79 Å². The Morgan fingerprint density at radius 1 is 1.24 bits per heavy atom. The van der Waals surface area contributed by atoms with Crippen LogP contribution in [0.5, 0.6) is 0 Å². The number of aromatic nitrogens is 2. The van der Waals surface area contributed by atoms with Crippen molar-refractivity contribution < 1.29 is 9.59 Å². The van der Waals surface area contributed by atoms with E-state index >= 15 is 0 Å². The smallest absolute Gasteiger partial charge is 0.271 e.